The Morgan fingerprint density at radius 3 is 2.74 bits per heavy atom. The van der Waals surface area contributed by atoms with Crippen LogP contribution in [0.2, 0.25) is 0 Å². The number of nitrogens with one attached hydrogen (secondary N) is 1. The third-order valence-electron chi connectivity index (χ3n) is 2.61. The first kappa shape index (κ1) is 13.2. The number of amides is 2. The van der Waals surface area contributed by atoms with Gasteiger partial charge in [0.15, 0.2) is 0 Å². The van der Waals surface area contributed by atoms with E-state index >= 15 is 0 Å². The van der Waals surface area contributed by atoms with Gasteiger partial charge in [-0.1, -0.05) is 5.10 Å². The maximum atomic E-state index is 11.8. The van der Waals surface area contributed by atoms with Crippen molar-refractivity contribution in [2.75, 3.05) is 25.0 Å². The van der Waals surface area contributed by atoms with Gasteiger partial charge in [-0.15, -0.1) is 5.10 Å². The summed E-state index contributed by atoms with van der Waals surface area (Å²) < 4.78 is 5.19. The molecule has 0 aliphatic carbocycles. The minimum absolute atomic E-state index is 0.118. The zero-order valence-electron chi connectivity index (χ0n) is 10.5. The van der Waals surface area contributed by atoms with Crippen molar-refractivity contribution in [1.29, 1.82) is 0 Å². The van der Waals surface area contributed by atoms with Gasteiger partial charge in [-0.3, -0.25) is 5.32 Å². The molecule has 1 aromatic heterocycles. The maximum absolute atomic E-state index is 11.8. The van der Waals surface area contributed by atoms with Gasteiger partial charge in [0.2, 0.25) is 0 Å². The van der Waals surface area contributed by atoms with Crippen molar-refractivity contribution in [1.82, 2.24) is 25.1 Å². The Hall–Kier alpha value is -2.23. The summed E-state index contributed by atoms with van der Waals surface area (Å²) >= 11 is 0. The molecule has 0 aromatic carbocycles. The van der Waals surface area contributed by atoms with E-state index in [1.807, 2.05) is 0 Å². The van der Waals surface area contributed by atoms with Crippen molar-refractivity contribution < 1.29 is 19.4 Å². The topological polar surface area (TPSA) is 122 Å². The van der Waals surface area contributed by atoms with E-state index in [9.17, 15) is 9.59 Å². The standard InChI is InChI=1S/C9H14N6O4/c1-9(19-3-6(16)17)4-15(5-9)8(18)10-7-11-13-14(2)12-7/h3-5H2,1-2H3,(H,16,17)(H,10,12,18). The summed E-state index contributed by atoms with van der Waals surface area (Å²) in [5.41, 5.74) is -0.620. The number of aryl methyl sites for hydroxylation is 1. The first-order chi connectivity index (χ1) is 8.88. The van der Waals surface area contributed by atoms with E-state index in [0.29, 0.717) is 13.1 Å². The number of carbonyl (C=O) groups is 2. The zero-order chi connectivity index (χ0) is 14.0. The molecule has 1 fully saturated rings. The van der Waals surface area contributed by atoms with Crippen LogP contribution < -0.4 is 5.32 Å². The molecule has 0 spiro atoms. The van der Waals surface area contributed by atoms with Gasteiger partial charge in [-0.25, -0.2) is 9.59 Å². The van der Waals surface area contributed by atoms with Crippen molar-refractivity contribution in [2.45, 2.75) is 12.5 Å². The summed E-state index contributed by atoms with van der Waals surface area (Å²) in [6.07, 6.45) is 0. The van der Waals surface area contributed by atoms with Crippen molar-refractivity contribution in [3.8, 4) is 0 Å². The minimum atomic E-state index is -1.03. The number of hydrogen-bond donors (Lipinski definition) is 2. The molecular weight excluding hydrogens is 256 g/mol. The van der Waals surface area contributed by atoms with Crippen molar-refractivity contribution in [2.24, 2.45) is 7.05 Å². The van der Waals surface area contributed by atoms with Crippen molar-refractivity contribution in [3.05, 3.63) is 0 Å². The quantitative estimate of drug-likeness (QED) is 0.713. The Morgan fingerprint density at radius 2 is 2.21 bits per heavy atom. The van der Waals surface area contributed by atoms with Crippen LogP contribution in [-0.4, -0.2) is 67.5 Å². The molecular formula is C9H14N6O4. The molecule has 0 radical (unpaired) electrons. The van der Waals surface area contributed by atoms with Crippen LogP contribution in [-0.2, 0) is 16.6 Å². The smallest absolute Gasteiger partial charge is 0.329 e. The van der Waals surface area contributed by atoms with E-state index < -0.39 is 11.6 Å². The molecule has 1 aromatic rings. The average molecular weight is 270 g/mol. The molecule has 10 nitrogen and oxygen atoms in total. The van der Waals surface area contributed by atoms with Gasteiger partial charge < -0.3 is 14.7 Å². The summed E-state index contributed by atoms with van der Waals surface area (Å²) in [4.78, 5) is 24.9. The van der Waals surface area contributed by atoms with Gasteiger partial charge in [0.25, 0.3) is 5.95 Å². The van der Waals surface area contributed by atoms with Gasteiger partial charge in [-0.2, -0.15) is 4.80 Å². The van der Waals surface area contributed by atoms with Crippen LogP contribution in [0.25, 0.3) is 0 Å². The SMILES string of the molecule is Cn1nnc(NC(=O)N2CC(C)(OCC(=O)O)C2)n1. The molecule has 2 N–H and O–H groups in total. The number of carboxylic acids is 1. The number of aliphatic carboxylic acids is 1. The lowest BCUT2D eigenvalue weighted by Gasteiger charge is -2.46. The van der Waals surface area contributed by atoms with Crippen LogP contribution in [0.1, 0.15) is 6.92 Å². The van der Waals surface area contributed by atoms with E-state index in [-0.39, 0.29) is 18.6 Å². The highest BCUT2D eigenvalue weighted by Crippen LogP contribution is 2.24. The lowest BCUT2D eigenvalue weighted by molar-refractivity contribution is -0.159. The molecule has 2 rings (SSSR count). The lowest BCUT2D eigenvalue weighted by Crippen LogP contribution is -2.64. The number of hydrogen-bond acceptors (Lipinski definition) is 6. The monoisotopic (exact) mass is 270 g/mol. The molecule has 2 heterocycles. The predicted octanol–water partition coefficient (Wildman–Crippen LogP) is -1.08. The van der Waals surface area contributed by atoms with E-state index in [1.54, 1.807) is 14.0 Å². The number of aromatic nitrogens is 4. The number of carboxylic acid groups (broad SMARTS) is 1. The molecule has 19 heavy (non-hydrogen) atoms. The number of anilines is 1. The Kier molecular flexibility index (Phi) is 3.34. The van der Waals surface area contributed by atoms with Gasteiger partial charge in [0, 0.05) is 0 Å². The molecule has 1 aliphatic heterocycles. The van der Waals surface area contributed by atoms with Gasteiger partial charge >= 0.3 is 12.0 Å². The number of nitrogens with zero attached hydrogens (tertiary/aromatic N) is 5. The maximum Gasteiger partial charge on any atom is 0.329 e. The Labute approximate surface area is 108 Å². The highest BCUT2D eigenvalue weighted by atomic mass is 16.5. The molecule has 10 heteroatoms. The normalized spacial score (nSPS) is 16.8. The molecule has 1 aliphatic rings. The number of rotatable bonds is 4. The van der Waals surface area contributed by atoms with Crippen LogP contribution in [0.15, 0.2) is 0 Å². The second kappa shape index (κ2) is 4.80. The zero-order valence-corrected chi connectivity index (χ0v) is 10.5. The Bertz CT molecular complexity index is 495. The minimum Gasteiger partial charge on any atom is -0.480 e. The molecule has 104 valence electrons. The molecule has 0 bridgehead atoms. The number of urea groups is 1. The highest BCUT2D eigenvalue weighted by Gasteiger charge is 2.43. The number of tetrazole rings is 1. The first-order valence-electron chi connectivity index (χ1n) is 5.54. The average Bonchev–Trinajstić information content (AvgIpc) is 2.68. The number of carbonyl (C=O) groups excluding carboxylic acids is 1. The van der Waals surface area contributed by atoms with Crippen molar-refractivity contribution >= 4 is 17.9 Å². The summed E-state index contributed by atoms with van der Waals surface area (Å²) in [6, 6.07) is -0.371. The number of likely N-dealkylation sites (tertiary alicyclic amines) is 1. The molecule has 2 amide bonds. The molecule has 0 unspecified atom stereocenters. The fourth-order valence-electron chi connectivity index (χ4n) is 1.74. The largest absolute Gasteiger partial charge is 0.480 e. The summed E-state index contributed by atoms with van der Waals surface area (Å²) in [6.45, 7) is 2.00. The molecule has 1 saturated heterocycles. The first-order valence-corrected chi connectivity index (χ1v) is 5.54. The Morgan fingerprint density at radius 1 is 1.53 bits per heavy atom. The summed E-state index contributed by atoms with van der Waals surface area (Å²) in [7, 11) is 1.59. The predicted molar refractivity (Wildman–Crippen MR) is 61.4 cm³/mol. The van der Waals surface area contributed by atoms with Crippen LogP contribution in [0.3, 0.4) is 0 Å². The summed E-state index contributed by atoms with van der Waals surface area (Å²) in [5.74, 6) is -0.916. The second-order valence-corrected chi connectivity index (χ2v) is 4.52. The third-order valence-corrected chi connectivity index (χ3v) is 2.61. The van der Waals surface area contributed by atoms with E-state index in [1.165, 1.54) is 9.70 Å². The fourth-order valence-corrected chi connectivity index (χ4v) is 1.74. The van der Waals surface area contributed by atoms with Crippen LogP contribution >= 0.6 is 0 Å². The second-order valence-electron chi connectivity index (χ2n) is 4.52. The highest BCUT2D eigenvalue weighted by molar-refractivity contribution is 5.88. The van der Waals surface area contributed by atoms with Gasteiger partial charge in [0.05, 0.1) is 20.1 Å². The van der Waals surface area contributed by atoms with Crippen LogP contribution in [0.4, 0.5) is 10.7 Å². The van der Waals surface area contributed by atoms with Crippen LogP contribution in [0.5, 0.6) is 0 Å². The summed E-state index contributed by atoms with van der Waals surface area (Å²) in [5, 5.41) is 22.0. The van der Waals surface area contributed by atoms with Gasteiger partial charge in [0.1, 0.15) is 12.2 Å². The third kappa shape index (κ3) is 3.16. The fraction of sp³-hybridized carbons (Fsp3) is 0.667. The van der Waals surface area contributed by atoms with E-state index in [2.05, 4.69) is 20.7 Å². The number of ether oxygens (including phenoxy) is 1. The Balaban J connectivity index is 1.79. The molecule has 0 atom stereocenters. The van der Waals surface area contributed by atoms with E-state index in [4.69, 9.17) is 9.84 Å². The molecule has 0 saturated carbocycles. The van der Waals surface area contributed by atoms with Gasteiger partial charge in [-0.05, 0) is 12.1 Å². The lowest BCUT2D eigenvalue weighted by atomic mass is 9.97. The van der Waals surface area contributed by atoms with E-state index in [0.717, 1.165) is 0 Å². The van der Waals surface area contributed by atoms with Crippen molar-refractivity contribution in [3.63, 3.8) is 0 Å². The van der Waals surface area contributed by atoms with Crippen LogP contribution in [0, 0.1) is 0 Å².